The number of primary amides is 1. The summed E-state index contributed by atoms with van der Waals surface area (Å²) in [5, 5.41) is 4.38. The Morgan fingerprint density at radius 3 is 2.38 bits per heavy atom. The molecule has 0 radical (unpaired) electrons. The Morgan fingerprint density at radius 1 is 1.10 bits per heavy atom. The van der Waals surface area contributed by atoms with Gasteiger partial charge in [-0.3, -0.25) is 4.79 Å². The lowest BCUT2D eigenvalue weighted by molar-refractivity contribution is -0.122. The first-order valence-corrected chi connectivity index (χ1v) is 7.26. The van der Waals surface area contributed by atoms with Gasteiger partial charge in [0.2, 0.25) is 5.91 Å². The maximum Gasteiger partial charge on any atom is 0.247 e. The van der Waals surface area contributed by atoms with E-state index < -0.39 is 11.4 Å². The van der Waals surface area contributed by atoms with Crippen LogP contribution in [0.5, 0.6) is 0 Å². The number of hydrogen-bond donors (Lipinski definition) is 2. The third-order valence-corrected chi connectivity index (χ3v) is 4.11. The zero-order chi connectivity index (χ0) is 15.6. The number of amides is 1. The molecule has 0 fully saturated rings. The van der Waals surface area contributed by atoms with Crippen molar-refractivity contribution in [2.24, 2.45) is 5.73 Å². The summed E-state index contributed by atoms with van der Waals surface area (Å²) in [4.78, 5) is 12.0. The van der Waals surface area contributed by atoms with Gasteiger partial charge in [0, 0.05) is 15.6 Å². The Bertz CT molecular complexity index is 690. The van der Waals surface area contributed by atoms with Crippen molar-refractivity contribution in [3.05, 3.63) is 63.1 Å². The maximum absolute atomic E-state index is 12.0. The van der Waals surface area contributed by atoms with Crippen LogP contribution in [0.25, 0.3) is 0 Å². The molecule has 0 heterocycles. The summed E-state index contributed by atoms with van der Waals surface area (Å²) in [6.07, 6.45) is 0. The second kappa shape index (κ2) is 6.14. The molecule has 2 rings (SSSR count). The van der Waals surface area contributed by atoms with Crippen LogP contribution in [-0.2, 0) is 10.3 Å². The van der Waals surface area contributed by atoms with E-state index in [4.69, 9.17) is 40.5 Å². The molecule has 2 aromatic carbocycles. The third kappa shape index (κ3) is 3.26. The van der Waals surface area contributed by atoms with Crippen LogP contribution >= 0.6 is 34.8 Å². The van der Waals surface area contributed by atoms with Gasteiger partial charge in [-0.2, -0.15) is 0 Å². The van der Waals surface area contributed by atoms with Gasteiger partial charge in [-0.1, -0.05) is 46.9 Å². The van der Waals surface area contributed by atoms with E-state index in [0.29, 0.717) is 26.3 Å². The van der Waals surface area contributed by atoms with Crippen LogP contribution in [0.2, 0.25) is 15.1 Å². The van der Waals surface area contributed by atoms with Crippen LogP contribution in [-0.4, -0.2) is 5.91 Å². The molecule has 0 spiro atoms. The van der Waals surface area contributed by atoms with Crippen molar-refractivity contribution in [3.8, 4) is 0 Å². The predicted octanol–water partition coefficient (Wildman–Crippen LogP) is 4.46. The summed E-state index contributed by atoms with van der Waals surface area (Å²) in [5.74, 6) is -0.591. The number of halogens is 3. The molecule has 0 saturated heterocycles. The van der Waals surface area contributed by atoms with E-state index in [0.717, 1.165) is 0 Å². The van der Waals surface area contributed by atoms with Gasteiger partial charge in [0.15, 0.2) is 0 Å². The Kier molecular flexibility index (Phi) is 4.67. The van der Waals surface area contributed by atoms with E-state index in [9.17, 15) is 4.79 Å². The van der Waals surface area contributed by atoms with Crippen LogP contribution in [0, 0.1) is 0 Å². The number of anilines is 1. The fourth-order valence-electron chi connectivity index (χ4n) is 1.97. The van der Waals surface area contributed by atoms with Crippen LogP contribution < -0.4 is 11.1 Å². The third-order valence-electron chi connectivity index (χ3n) is 3.22. The number of benzene rings is 2. The van der Waals surface area contributed by atoms with Crippen molar-refractivity contribution >= 4 is 46.4 Å². The summed E-state index contributed by atoms with van der Waals surface area (Å²) in [5.41, 5.74) is 5.40. The van der Waals surface area contributed by atoms with E-state index in [1.54, 1.807) is 49.4 Å². The van der Waals surface area contributed by atoms with Crippen molar-refractivity contribution < 1.29 is 4.79 Å². The highest BCUT2D eigenvalue weighted by atomic mass is 35.5. The lowest BCUT2D eigenvalue weighted by atomic mass is 9.90. The summed E-state index contributed by atoms with van der Waals surface area (Å²) in [6.45, 7) is 1.64. The molecule has 0 saturated carbocycles. The largest absolute Gasteiger partial charge is 0.367 e. The molecule has 1 atom stereocenters. The number of carbonyl (C=O) groups is 1. The first-order chi connectivity index (χ1) is 9.84. The molecule has 0 aromatic heterocycles. The highest BCUT2D eigenvalue weighted by Crippen LogP contribution is 2.35. The number of carbonyl (C=O) groups excluding carboxylic acids is 1. The molecular formula is C15H13Cl3N2O. The fourth-order valence-corrected chi connectivity index (χ4v) is 2.64. The first kappa shape index (κ1) is 16.0. The van der Waals surface area contributed by atoms with Gasteiger partial charge in [0.1, 0.15) is 5.54 Å². The summed E-state index contributed by atoms with van der Waals surface area (Å²) >= 11 is 18.3. The molecule has 0 aliphatic heterocycles. The standard InChI is InChI=1S/C15H13Cl3N2O/c1-15(14(19)21,10-8-9(16)6-7-11(10)17)20-13-5-3-2-4-12(13)18/h2-8,20H,1H3,(H2,19,21). The summed E-state index contributed by atoms with van der Waals surface area (Å²) in [6, 6.07) is 11.9. The average molecular weight is 344 g/mol. The first-order valence-electron chi connectivity index (χ1n) is 6.13. The van der Waals surface area contributed by atoms with Crippen molar-refractivity contribution in [2.75, 3.05) is 5.32 Å². The minimum absolute atomic E-state index is 0.389. The molecule has 1 amide bonds. The number of nitrogens with one attached hydrogen (secondary N) is 1. The van der Waals surface area contributed by atoms with Gasteiger partial charge in [0.25, 0.3) is 0 Å². The zero-order valence-electron chi connectivity index (χ0n) is 11.2. The van der Waals surface area contributed by atoms with Crippen molar-refractivity contribution in [1.29, 1.82) is 0 Å². The zero-order valence-corrected chi connectivity index (χ0v) is 13.4. The molecular weight excluding hydrogens is 331 g/mol. The van der Waals surface area contributed by atoms with Crippen LogP contribution in [0.1, 0.15) is 12.5 Å². The lowest BCUT2D eigenvalue weighted by Crippen LogP contribution is -2.45. The number of nitrogens with two attached hydrogens (primary N) is 1. The van der Waals surface area contributed by atoms with Gasteiger partial charge in [-0.25, -0.2) is 0 Å². The van der Waals surface area contributed by atoms with Crippen molar-refractivity contribution in [2.45, 2.75) is 12.5 Å². The van der Waals surface area contributed by atoms with Gasteiger partial charge < -0.3 is 11.1 Å². The predicted molar refractivity (Wildman–Crippen MR) is 88.1 cm³/mol. The average Bonchev–Trinajstić information content (AvgIpc) is 2.43. The molecule has 1 unspecified atom stereocenters. The van der Waals surface area contributed by atoms with Crippen molar-refractivity contribution in [3.63, 3.8) is 0 Å². The second-order valence-corrected chi connectivity index (χ2v) is 5.97. The number of para-hydroxylation sites is 1. The number of rotatable bonds is 4. The van der Waals surface area contributed by atoms with E-state index in [1.807, 2.05) is 0 Å². The molecule has 0 aliphatic rings. The smallest absolute Gasteiger partial charge is 0.247 e. The van der Waals surface area contributed by atoms with Gasteiger partial charge in [-0.05, 0) is 37.3 Å². The van der Waals surface area contributed by atoms with Crippen LogP contribution in [0.4, 0.5) is 5.69 Å². The molecule has 21 heavy (non-hydrogen) atoms. The highest BCUT2D eigenvalue weighted by Gasteiger charge is 2.35. The van der Waals surface area contributed by atoms with Crippen LogP contribution in [0.15, 0.2) is 42.5 Å². The Morgan fingerprint density at radius 2 is 1.76 bits per heavy atom. The lowest BCUT2D eigenvalue weighted by Gasteiger charge is -2.30. The minimum Gasteiger partial charge on any atom is -0.367 e. The molecule has 6 heteroatoms. The monoisotopic (exact) mass is 342 g/mol. The van der Waals surface area contributed by atoms with E-state index in [-0.39, 0.29) is 0 Å². The Hall–Kier alpha value is -1.42. The molecule has 3 N–H and O–H groups in total. The molecule has 3 nitrogen and oxygen atoms in total. The normalized spacial score (nSPS) is 13.5. The van der Waals surface area contributed by atoms with Gasteiger partial charge in [0.05, 0.1) is 10.7 Å². The minimum atomic E-state index is -1.24. The Balaban J connectivity index is 2.53. The van der Waals surface area contributed by atoms with Gasteiger partial charge >= 0.3 is 0 Å². The highest BCUT2D eigenvalue weighted by molar-refractivity contribution is 6.34. The second-order valence-electron chi connectivity index (χ2n) is 4.72. The SMILES string of the molecule is CC(Nc1ccccc1Cl)(C(N)=O)c1cc(Cl)ccc1Cl. The topological polar surface area (TPSA) is 55.1 Å². The molecule has 0 aliphatic carbocycles. The fraction of sp³-hybridized carbons (Fsp3) is 0.133. The summed E-state index contributed by atoms with van der Waals surface area (Å²) in [7, 11) is 0. The summed E-state index contributed by atoms with van der Waals surface area (Å²) < 4.78 is 0. The van der Waals surface area contributed by atoms with Crippen molar-refractivity contribution in [1.82, 2.24) is 0 Å². The van der Waals surface area contributed by atoms with Crippen LogP contribution in [0.3, 0.4) is 0 Å². The Labute approximate surface area is 138 Å². The molecule has 110 valence electrons. The number of hydrogen-bond acceptors (Lipinski definition) is 2. The van der Waals surface area contributed by atoms with E-state index in [2.05, 4.69) is 5.32 Å². The maximum atomic E-state index is 12.0. The molecule has 2 aromatic rings. The van der Waals surface area contributed by atoms with E-state index in [1.165, 1.54) is 0 Å². The van der Waals surface area contributed by atoms with E-state index >= 15 is 0 Å². The molecule has 0 bridgehead atoms. The quantitative estimate of drug-likeness (QED) is 0.861. The van der Waals surface area contributed by atoms with Gasteiger partial charge in [-0.15, -0.1) is 0 Å².